The number of rotatable bonds is 2. The van der Waals surface area contributed by atoms with Gasteiger partial charge < -0.3 is 10.6 Å². The van der Waals surface area contributed by atoms with E-state index in [-0.39, 0.29) is 0 Å². The molecule has 1 saturated carbocycles. The lowest BCUT2D eigenvalue weighted by Crippen LogP contribution is -2.39. The molecule has 2 N–H and O–H groups in total. The van der Waals surface area contributed by atoms with E-state index in [0.29, 0.717) is 12.1 Å². The molecule has 0 radical (unpaired) electrons. The molecule has 1 aliphatic carbocycles. The molecule has 0 aromatic carbocycles. The summed E-state index contributed by atoms with van der Waals surface area (Å²) in [4.78, 5) is 11.1. The Hall–Kier alpha value is -1.16. The van der Waals surface area contributed by atoms with Crippen molar-refractivity contribution in [3.05, 3.63) is 17.6 Å². The van der Waals surface area contributed by atoms with E-state index in [1.54, 1.807) is 0 Å². The zero-order valence-electron chi connectivity index (χ0n) is 11.0. The van der Waals surface area contributed by atoms with E-state index in [1.807, 2.05) is 13.8 Å². The minimum atomic E-state index is 0.397. The zero-order valence-corrected chi connectivity index (χ0v) is 11.0. The molecule has 1 fully saturated rings. The number of aryl methyl sites for hydroxylation is 2. The maximum Gasteiger partial charge on any atom is 0.132 e. The van der Waals surface area contributed by atoms with Crippen molar-refractivity contribution in [3.63, 3.8) is 0 Å². The van der Waals surface area contributed by atoms with Crippen molar-refractivity contribution >= 4 is 5.82 Å². The number of hydrogen-bond acceptors (Lipinski definition) is 4. The van der Waals surface area contributed by atoms with Gasteiger partial charge in [-0.25, -0.2) is 9.97 Å². The fourth-order valence-electron chi connectivity index (χ4n) is 2.55. The average molecular weight is 234 g/mol. The van der Waals surface area contributed by atoms with Gasteiger partial charge in [0, 0.05) is 30.9 Å². The number of nitrogens with zero attached hydrogens (tertiary/aromatic N) is 3. The number of hydrogen-bond donors (Lipinski definition) is 1. The maximum atomic E-state index is 5.94. The predicted octanol–water partition coefficient (Wildman–Crippen LogP) is 1.80. The van der Waals surface area contributed by atoms with Crippen LogP contribution in [0.5, 0.6) is 0 Å². The molecule has 1 aromatic rings. The molecule has 4 nitrogen and oxygen atoms in total. The van der Waals surface area contributed by atoms with Crippen molar-refractivity contribution in [2.24, 2.45) is 5.73 Å². The molecular formula is C13H22N4. The number of nitrogens with two attached hydrogens (primary N) is 1. The number of aromatic nitrogens is 2. The Kier molecular flexibility index (Phi) is 3.62. The first-order valence-electron chi connectivity index (χ1n) is 6.37. The van der Waals surface area contributed by atoms with Crippen LogP contribution in [0.1, 0.15) is 37.2 Å². The van der Waals surface area contributed by atoms with Gasteiger partial charge in [0.25, 0.3) is 0 Å². The largest absolute Gasteiger partial charge is 0.357 e. The van der Waals surface area contributed by atoms with Crippen LogP contribution in [0, 0.1) is 13.8 Å². The molecule has 4 heteroatoms. The van der Waals surface area contributed by atoms with Gasteiger partial charge in [0.1, 0.15) is 11.6 Å². The fourth-order valence-corrected chi connectivity index (χ4v) is 2.55. The molecule has 0 atom stereocenters. The van der Waals surface area contributed by atoms with Gasteiger partial charge in [0.2, 0.25) is 0 Å². The lowest BCUT2D eigenvalue weighted by molar-refractivity contribution is 0.383. The van der Waals surface area contributed by atoms with Gasteiger partial charge in [-0.1, -0.05) is 0 Å². The van der Waals surface area contributed by atoms with Gasteiger partial charge in [-0.2, -0.15) is 0 Å². The average Bonchev–Trinajstić information content (AvgIpc) is 2.28. The van der Waals surface area contributed by atoms with Crippen LogP contribution in [0.25, 0.3) is 0 Å². The van der Waals surface area contributed by atoms with Crippen LogP contribution in [0.4, 0.5) is 5.82 Å². The van der Waals surface area contributed by atoms with Gasteiger partial charge in [-0.15, -0.1) is 0 Å². The topological polar surface area (TPSA) is 55.0 Å². The Balaban J connectivity index is 2.10. The highest BCUT2D eigenvalue weighted by molar-refractivity contribution is 5.40. The highest BCUT2D eigenvalue weighted by Crippen LogP contribution is 2.24. The summed E-state index contributed by atoms with van der Waals surface area (Å²) in [5.74, 6) is 1.88. The molecule has 2 rings (SSSR count). The Morgan fingerprint density at radius 3 is 2.41 bits per heavy atom. The van der Waals surface area contributed by atoms with Crippen molar-refractivity contribution in [1.29, 1.82) is 0 Å². The monoisotopic (exact) mass is 234 g/mol. The molecule has 94 valence electrons. The highest BCUT2D eigenvalue weighted by Gasteiger charge is 2.23. The normalized spacial score (nSPS) is 24.7. The molecule has 0 aliphatic heterocycles. The first-order chi connectivity index (χ1) is 8.06. The summed E-state index contributed by atoms with van der Waals surface area (Å²) in [5, 5.41) is 0. The first-order valence-corrected chi connectivity index (χ1v) is 6.37. The Morgan fingerprint density at radius 1 is 1.18 bits per heavy atom. The van der Waals surface area contributed by atoms with Crippen LogP contribution >= 0.6 is 0 Å². The van der Waals surface area contributed by atoms with Gasteiger partial charge in [0.15, 0.2) is 0 Å². The molecule has 0 amide bonds. The quantitative estimate of drug-likeness (QED) is 0.847. The van der Waals surface area contributed by atoms with Gasteiger partial charge in [0.05, 0.1) is 0 Å². The second kappa shape index (κ2) is 5.00. The molecule has 1 aromatic heterocycles. The number of anilines is 1. The summed E-state index contributed by atoms with van der Waals surface area (Å²) >= 11 is 0. The lowest BCUT2D eigenvalue weighted by Gasteiger charge is -2.34. The summed E-state index contributed by atoms with van der Waals surface area (Å²) in [5.41, 5.74) is 6.97. The van der Waals surface area contributed by atoms with Crippen molar-refractivity contribution in [3.8, 4) is 0 Å². The summed E-state index contributed by atoms with van der Waals surface area (Å²) in [6, 6.07) is 3.03. The van der Waals surface area contributed by atoms with E-state index in [4.69, 9.17) is 5.73 Å². The molecule has 0 bridgehead atoms. The standard InChI is InChI=1S/C13H22N4/c1-9-8-13(16-10(2)15-9)17(3)12-6-4-11(14)5-7-12/h8,11-12H,4-7,14H2,1-3H3. The molecule has 0 unspecified atom stereocenters. The molecule has 1 heterocycles. The van der Waals surface area contributed by atoms with Crippen molar-refractivity contribution in [2.75, 3.05) is 11.9 Å². The molecule has 0 spiro atoms. The predicted molar refractivity (Wildman–Crippen MR) is 70.1 cm³/mol. The van der Waals surface area contributed by atoms with E-state index in [9.17, 15) is 0 Å². The third-order valence-electron chi connectivity index (χ3n) is 3.60. The summed E-state index contributed by atoms with van der Waals surface area (Å²) < 4.78 is 0. The molecule has 0 saturated heterocycles. The third kappa shape index (κ3) is 2.94. The van der Waals surface area contributed by atoms with E-state index in [0.717, 1.165) is 30.2 Å². The summed E-state index contributed by atoms with van der Waals surface area (Å²) in [6.07, 6.45) is 4.58. The van der Waals surface area contributed by atoms with Gasteiger partial charge in [-0.05, 0) is 39.5 Å². The van der Waals surface area contributed by atoms with Crippen LogP contribution < -0.4 is 10.6 Å². The summed E-state index contributed by atoms with van der Waals surface area (Å²) in [7, 11) is 2.13. The molecule has 17 heavy (non-hydrogen) atoms. The van der Waals surface area contributed by atoms with E-state index >= 15 is 0 Å². The highest BCUT2D eigenvalue weighted by atomic mass is 15.2. The molecule has 1 aliphatic rings. The lowest BCUT2D eigenvalue weighted by atomic mass is 9.91. The van der Waals surface area contributed by atoms with E-state index < -0.39 is 0 Å². The van der Waals surface area contributed by atoms with Crippen molar-refractivity contribution < 1.29 is 0 Å². The van der Waals surface area contributed by atoms with Crippen molar-refractivity contribution in [2.45, 2.75) is 51.6 Å². The zero-order chi connectivity index (χ0) is 12.4. The second-order valence-electron chi connectivity index (χ2n) is 5.09. The van der Waals surface area contributed by atoms with Crippen LogP contribution in [-0.2, 0) is 0 Å². The Bertz CT molecular complexity index is 363. The van der Waals surface area contributed by atoms with Gasteiger partial charge >= 0.3 is 0 Å². The SMILES string of the molecule is Cc1cc(N(C)C2CCC(N)CC2)nc(C)n1. The third-order valence-corrected chi connectivity index (χ3v) is 3.60. The van der Waals surface area contributed by atoms with Crippen molar-refractivity contribution in [1.82, 2.24) is 9.97 Å². The van der Waals surface area contributed by atoms with E-state index in [2.05, 4.69) is 28.0 Å². The van der Waals surface area contributed by atoms with Crippen LogP contribution in [0.15, 0.2) is 6.07 Å². The smallest absolute Gasteiger partial charge is 0.132 e. The van der Waals surface area contributed by atoms with Crippen LogP contribution in [0.3, 0.4) is 0 Å². The Labute approximate surface area is 103 Å². The van der Waals surface area contributed by atoms with Crippen LogP contribution in [0.2, 0.25) is 0 Å². The minimum Gasteiger partial charge on any atom is -0.357 e. The minimum absolute atomic E-state index is 0.397. The first kappa shape index (κ1) is 12.3. The summed E-state index contributed by atoms with van der Waals surface area (Å²) in [6.45, 7) is 3.96. The van der Waals surface area contributed by atoms with Crippen LogP contribution in [-0.4, -0.2) is 29.1 Å². The van der Waals surface area contributed by atoms with E-state index in [1.165, 1.54) is 12.8 Å². The van der Waals surface area contributed by atoms with Gasteiger partial charge in [-0.3, -0.25) is 0 Å². The Morgan fingerprint density at radius 2 is 1.82 bits per heavy atom. The second-order valence-corrected chi connectivity index (χ2v) is 5.09. The fraction of sp³-hybridized carbons (Fsp3) is 0.692. The molecular weight excluding hydrogens is 212 g/mol. The maximum absolute atomic E-state index is 5.94.